The van der Waals surface area contributed by atoms with Crippen LogP contribution in [-0.4, -0.2) is 56.0 Å². The largest absolute Gasteiger partial charge is 0.491 e. The fraction of sp³-hybridized carbons (Fsp3) is 0.346. The number of fused-ring (bicyclic) bond motifs is 1. The second-order valence-corrected chi connectivity index (χ2v) is 9.62. The maximum absolute atomic E-state index is 14.9. The Bertz CT molecular complexity index is 1390. The van der Waals surface area contributed by atoms with Gasteiger partial charge in [0.2, 0.25) is 5.95 Å². The van der Waals surface area contributed by atoms with Crippen molar-refractivity contribution in [2.75, 3.05) is 23.3 Å². The SMILES string of the molecule is CC(C)Oc1cc(F)c(-c2ccc3cnc(Nc4cnccc4N4CC(C)C(O)C(N)C4)n3n2)c(F)c1. The topological polar surface area (TPSA) is 114 Å². The summed E-state index contributed by atoms with van der Waals surface area (Å²) in [4.78, 5) is 10.7. The first kappa shape index (κ1) is 24.8. The number of hydrogen-bond acceptors (Lipinski definition) is 8. The smallest absolute Gasteiger partial charge is 0.229 e. The van der Waals surface area contributed by atoms with Crippen LogP contribution in [-0.2, 0) is 0 Å². The number of aliphatic hydroxyl groups is 1. The first-order valence-electron chi connectivity index (χ1n) is 12.1. The monoisotopic (exact) mass is 509 g/mol. The summed E-state index contributed by atoms with van der Waals surface area (Å²) in [7, 11) is 0. The number of aromatic nitrogens is 4. The van der Waals surface area contributed by atoms with Crippen LogP contribution in [0.25, 0.3) is 16.8 Å². The molecule has 1 aromatic carbocycles. The quantitative estimate of drug-likeness (QED) is 0.360. The molecule has 3 atom stereocenters. The van der Waals surface area contributed by atoms with E-state index in [1.165, 1.54) is 4.52 Å². The highest BCUT2D eigenvalue weighted by Gasteiger charge is 2.32. The number of aliphatic hydroxyl groups excluding tert-OH is 1. The van der Waals surface area contributed by atoms with E-state index in [1.54, 1.807) is 44.6 Å². The molecule has 4 aromatic rings. The summed E-state index contributed by atoms with van der Waals surface area (Å²) in [5.74, 6) is -1.10. The van der Waals surface area contributed by atoms with Crippen molar-refractivity contribution in [2.24, 2.45) is 11.7 Å². The minimum absolute atomic E-state index is 0.0108. The molecule has 1 aliphatic heterocycles. The molecule has 4 N–H and O–H groups in total. The minimum Gasteiger partial charge on any atom is -0.491 e. The summed E-state index contributed by atoms with van der Waals surface area (Å²) < 4.78 is 36.8. The summed E-state index contributed by atoms with van der Waals surface area (Å²) >= 11 is 0. The highest BCUT2D eigenvalue weighted by Crippen LogP contribution is 2.32. The first-order chi connectivity index (χ1) is 17.7. The molecule has 0 radical (unpaired) electrons. The van der Waals surface area contributed by atoms with Crippen LogP contribution in [0.1, 0.15) is 20.8 Å². The zero-order chi connectivity index (χ0) is 26.3. The molecule has 3 aromatic heterocycles. The van der Waals surface area contributed by atoms with Gasteiger partial charge < -0.3 is 25.8 Å². The van der Waals surface area contributed by atoms with Crippen LogP contribution < -0.4 is 20.7 Å². The molecule has 1 saturated heterocycles. The van der Waals surface area contributed by atoms with E-state index in [-0.39, 0.29) is 35.1 Å². The van der Waals surface area contributed by atoms with E-state index in [2.05, 4.69) is 25.3 Å². The molecule has 11 heteroatoms. The lowest BCUT2D eigenvalue weighted by Crippen LogP contribution is -2.55. The van der Waals surface area contributed by atoms with Crippen molar-refractivity contribution in [1.29, 1.82) is 0 Å². The Hall–Kier alpha value is -3.83. The molecule has 0 saturated carbocycles. The van der Waals surface area contributed by atoms with Gasteiger partial charge in [0.1, 0.15) is 17.4 Å². The molecule has 0 aliphatic carbocycles. The molecule has 1 fully saturated rings. The predicted octanol–water partition coefficient (Wildman–Crippen LogP) is 3.74. The maximum atomic E-state index is 14.9. The Morgan fingerprint density at radius 2 is 1.89 bits per heavy atom. The van der Waals surface area contributed by atoms with E-state index in [9.17, 15) is 13.9 Å². The predicted molar refractivity (Wildman–Crippen MR) is 137 cm³/mol. The fourth-order valence-corrected chi connectivity index (χ4v) is 4.63. The van der Waals surface area contributed by atoms with Gasteiger partial charge in [-0.25, -0.2) is 13.8 Å². The van der Waals surface area contributed by atoms with Crippen molar-refractivity contribution >= 4 is 22.8 Å². The fourth-order valence-electron chi connectivity index (χ4n) is 4.63. The van der Waals surface area contributed by atoms with E-state index in [1.807, 2.05) is 13.0 Å². The number of ether oxygens (including phenoxy) is 1. The van der Waals surface area contributed by atoms with Crippen molar-refractivity contribution in [1.82, 2.24) is 19.6 Å². The highest BCUT2D eigenvalue weighted by atomic mass is 19.1. The van der Waals surface area contributed by atoms with Gasteiger partial charge in [-0.3, -0.25) is 4.98 Å². The Balaban J connectivity index is 1.48. The van der Waals surface area contributed by atoms with Gasteiger partial charge in [-0.2, -0.15) is 9.61 Å². The van der Waals surface area contributed by atoms with Gasteiger partial charge in [-0.15, -0.1) is 0 Å². The average molecular weight is 510 g/mol. The number of nitrogens with two attached hydrogens (primary N) is 1. The second kappa shape index (κ2) is 9.91. The van der Waals surface area contributed by atoms with Crippen molar-refractivity contribution in [2.45, 2.75) is 39.0 Å². The van der Waals surface area contributed by atoms with E-state index >= 15 is 0 Å². The normalized spacial score (nSPS) is 20.0. The number of nitrogens with one attached hydrogen (secondary N) is 1. The van der Waals surface area contributed by atoms with Crippen LogP contribution in [0, 0.1) is 17.6 Å². The van der Waals surface area contributed by atoms with E-state index in [0.717, 1.165) is 17.8 Å². The van der Waals surface area contributed by atoms with Gasteiger partial charge in [0.05, 0.1) is 52.8 Å². The molecular formula is C26H29F2N7O2. The minimum atomic E-state index is -0.774. The number of anilines is 3. The average Bonchev–Trinajstić information content (AvgIpc) is 3.24. The number of rotatable bonds is 6. The number of nitrogens with zero attached hydrogens (tertiary/aromatic N) is 5. The van der Waals surface area contributed by atoms with E-state index < -0.39 is 17.7 Å². The molecule has 0 bridgehead atoms. The Morgan fingerprint density at radius 1 is 1.14 bits per heavy atom. The molecule has 3 unspecified atom stereocenters. The van der Waals surface area contributed by atoms with Gasteiger partial charge in [-0.1, -0.05) is 6.92 Å². The summed E-state index contributed by atoms with van der Waals surface area (Å²) in [6.07, 6.45) is 4.16. The van der Waals surface area contributed by atoms with Crippen LogP contribution in [0.4, 0.5) is 26.1 Å². The molecule has 194 valence electrons. The van der Waals surface area contributed by atoms with E-state index in [0.29, 0.717) is 30.2 Å². The molecule has 0 amide bonds. The van der Waals surface area contributed by atoms with Gasteiger partial charge in [-0.05, 0) is 32.0 Å². The summed E-state index contributed by atoms with van der Waals surface area (Å²) in [6.45, 7) is 6.61. The van der Waals surface area contributed by atoms with E-state index in [4.69, 9.17) is 10.5 Å². The van der Waals surface area contributed by atoms with Crippen LogP contribution >= 0.6 is 0 Å². The number of halogens is 2. The van der Waals surface area contributed by atoms with Crippen LogP contribution in [0.5, 0.6) is 5.75 Å². The van der Waals surface area contributed by atoms with Crippen molar-refractivity contribution in [3.8, 4) is 17.0 Å². The summed E-state index contributed by atoms with van der Waals surface area (Å²) in [5.41, 5.74) is 8.15. The van der Waals surface area contributed by atoms with Crippen molar-refractivity contribution in [3.05, 3.63) is 60.6 Å². The summed E-state index contributed by atoms with van der Waals surface area (Å²) in [5, 5.41) is 18.0. The molecule has 37 heavy (non-hydrogen) atoms. The second-order valence-electron chi connectivity index (χ2n) is 9.62. The lowest BCUT2D eigenvalue weighted by Gasteiger charge is -2.40. The lowest BCUT2D eigenvalue weighted by atomic mass is 9.92. The van der Waals surface area contributed by atoms with Gasteiger partial charge >= 0.3 is 0 Å². The maximum Gasteiger partial charge on any atom is 0.229 e. The molecular weight excluding hydrogens is 480 g/mol. The number of imidazole rings is 1. The van der Waals surface area contributed by atoms with Crippen LogP contribution in [0.15, 0.2) is 48.9 Å². The third-order valence-electron chi connectivity index (χ3n) is 6.37. The zero-order valence-electron chi connectivity index (χ0n) is 20.8. The van der Waals surface area contributed by atoms with Crippen molar-refractivity contribution in [3.63, 3.8) is 0 Å². The Kier molecular flexibility index (Phi) is 6.65. The Labute approximate surface area is 212 Å². The molecule has 0 spiro atoms. The van der Waals surface area contributed by atoms with Crippen LogP contribution in [0.2, 0.25) is 0 Å². The lowest BCUT2D eigenvalue weighted by molar-refractivity contribution is 0.0785. The number of benzene rings is 1. The van der Waals surface area contributed by atoms with Gasteiger partial charge in [0.15, 0.2) is 0 Å². The summed E-state index contributed by atoms with van der Waals surface area (Å²) in [6, 6.07) is 7.02. The Morgan fingerprint density at radius 3 is 2.59 bits per heavy atom. The highest BCUT2D eigenvalue weighted by molar-refractivity contribution is 5.74. The first-order valence-corrected chi connectivity index (χ1v) is 12.1. The number of hydrogen-bond donors (Lipinski definition) is 3. The zero-order valence-corrected chi connectivity index (χ0v) is 20.8. The van der Waals surface area contributed by atoms with Gasteiger partial charge in [0, 0.05) is 43.4 Å². The van der Waals surface area contributed by atoms with Crippen LogP contribution in [0.3, 0.4) is 0 Å². The molecule has 5 rings (SSSR count). The molecule has 4 heterocycles. The van der Waals surface area contributed by atoms with Gasteiger partial charge in [0.25, 0.3) is 0 Å². The third kappa shape index (κ3) is 4.92. The standard InChI is InChI=1S/C26H29F2N7O2/c1-14(2)37-17-8-18(27)24(19(28)9-17)21-5-4-16-10-31-26(35(16)33-21)32-22-11-30-7-6-23(22)34-12-15(3)25(36)20(29)13-34/h4-11,14-15,20,25,36H,12-13,29H2,1-3H3,(H,31,32). The third-order valence-corrected chi connectivity index (χ3v) is 6.37. The number of pyridine rings is 1. The molecule has 1 aliphatic rings. The molecule has 9 nitrogen and oxygen atoms in total. The van der Waals surface area contributed by atoms with Crippen molar-refractivity contribution < 1.29 is 18.6 Å². The number of piperidine rings is 1.